The molecule has 0 aromatic carbocycles. The van der Waals surface area contributed by atoms with Gasteiger partial charge in [0.2, 0.25) is 0 Å². The molecule has 0 radical (unpaired) electrons. The van der Waals surface area contributed by atoms with Crippen molar-refractivity contribution >= 4 is 23.0 Å². The Balaban J connectivity index is 1.78. The van der Waals surface area contributed by atoms with Crippen molar-refractivity contribution in [2.45, 2.75) is 50.9 Å². The third-order valence-electron chi connectivity index (χ3n) is 6.08. The SMILES string of the molecule is COC(=O)c1sc(C23CC4CC(CC(C4)C2)C3)c(C)c1N. The molecule has 4 aliphatic carbocycles. The minimum Gasteiger partial charge on any atom is -0.465 e. The number of thiophene rings is 1. The van der Waals surface area contributed by atoms with Crippen molar-refractivity contribution < 1.29 is 9.53 Å². The van der Waals surface area contributed by atoms with E-state index in [4.69, 9.17) is 10.5 Å². The Morgan fingerprint density at radius 1 is 1.19 bits per heavy atom. The number of carbonyl (C=O) groups is 1. The summed E-state index contributed by atoms with van der Waals surface area (Å²) >= 11 is 1.61. The van der Waals surface area contributed by atoms with Gasteiger partial charge in [0, 0.05) is 10.3 Å². The monoisotopic (exact) mass is 305 g/mol. The smallest absolute Gasteiger partial charge is 0.350 e. The van der Waals surface area contributed by atoms with E-state index < -0.39 is 0 Å². The zero-order chi connectivity index (χ0) is 14.8. The van der Waals surface area contributed by atoms with Gasteiger partial charge in [0.1, 0.15) is 4.88 Å². The molecule has 0 atom stereocenters. The Bertz CT molecular complexity index is 569. The fourth-order valence-electron chi connectivity index (χ4n) is 5.67. The Morgan fingerprint density at radius 3 is 2.19 bits per heavy atom. The van der Waals surface area contributed by atoms with Gasteiger partial charge in [0.05, 0.1) is 12.8 Å². The van der Waals surface area contributed by atoms with Gasteiger partial charge in [-0.2, -0.15) is 0 Å². The van der Waals surface area contributed by atoms with Crippen LogP contribution in [0.15, 0.2) is 0 Å². The summed E-state index contributed by atoms with van der Waals surface area (Å²) in [6.07, 6.45) is 8.22. The maximum Gasteiger partial charge on any atom is 0.350 e. The van der Waals surface area contributed by atoms with Gasteiger partial charge in [-0.25, -0.2) is 4.79 Å². The second-order valence-electron chi connectivity index (χ2n) is 7.49. The minimum absolute atomic E-state index is 0.281. The number of rotatable bonds is 2. The van der Waals surface area contributed by atoms with E-state index >= 15 is 0 Å². The maximum absolute atomic E-state index is 11.9. The number of carbonyl (C=O) groups excluding carboxylic acids is 1. The molecule has 4 fully saturated rings. The van der Waals surface area contributed by atoms with E-state index in [0.29, 0.717) is 16.0 Å². The van der Waals surface area contributed by atoms with Crippen molar-refractivity contribution in [2.75, 3.05) is 12.8 Å². The number of hydrogen-bond acceptors (Lipinski definition) is 4. The van der Waals surface area contributed by atoms with E-state index in [0.717, 1.165) is 23.3 Å². The van der Waals surface area contributed by atoms with Crippen molar-refractivity contribution in [3.8, 4) is 0 Å². The minimum atomic E-state index is -0.281. The van der Waals surface area contributed by atoms with Crippen LogP contribution in [0.3, 0.4) is 0 Å². The van der Waals surface area contributed by atoms with Crippen LogP contribution in [0, 0.1) is 24.7 Å². The predicted octanol–water partition coefficient (Wildman–Crippen LogP) is 3.89. The van der Waals surface area contributed by atoms with Crippen molar-refractivity contribution in [1.82, 2.24) is 0 Å². The topological polar surface area (TPSA) is 52.3 Å². The van der Waals surface area contributed by atoms with E-state index in [2.05, 4.69) is 6.92 Å². The molecule has 0 aliphatic heterocycles. The van der Waals surface area contributed by atoms with Gasteiger partial charge >= 0.3 is 5.97 Å². The first-order valence-corrected chi connectivity index (χ1v) is 8.81. The molecule has 1 heterocycles. The fraction of sp³-hybridized carbons (Fsp3) is 0.706. The summed E-state index contributed by atoms with van der Waals surface area (Å²) in [7, 11) is 1.43. The van der Waals surface area contributed by atoms with Crippen LogP contribution in [0.4, 0.5) is 5.69 Å². The van der Waals surface area contributed by atoms with Gasteiger partial charge in [-0.1, -0.05) is 0 Å². The van der Waals surface area contributed by atoms with Crippen LogP contribution in [0.1, 0.15) is 58.6 Å². The zero-order valence-corrected chi connectivity index (χ0v) is 13.6. The molecule has 2 N–H and O–H groups in total. The van der Waals surface area contributed by atoms with E-state index in [1.54, 1.807) is 11.3 Å². The summed E-state index contributed by atoms with van der Waals surface area (Å²) in [5.41, 5.74) is 8.31. The first-order valence-electron chi connectivity index (χ1n) is 8.00. The summed E-state index contributed by atoms with van der Waals surface area (Å²) in [5.74, 6) is 2.43. The molecule has 5 rings (SSSR count). The van der Waals surface area contributed by atoms with Crippen LogP contribution >= 0.6 is 11.3 Å². The van der Waals surface area contributed by atoms with Crippen LogP contribution < -0.4 is 5.73 Å². The van der Waals surface area contributed by atoms with Gasteiger partial charge in [-0.15, -0.1) is 11.3 Å². The maximum atomic E-state index is 11.9. The first kappa shape index (κ1) is 13.6. The average Bonchev–Trinajstić information content (AvgIpc) is 2.74. The molecule has 0 amide bonds. The zero-order valence-electron chi connectivity index (χ0n) is 12.8. The molecule has 0 spiro atoms. The number of methoxy groups -OCH3 is 1. The highest BCUT2D eigenvalue weighted by atomic mass is 32.1. The molecule has 3 nitrogen and oxygen atoms in total. The third kappa shape index (κ3) is 1.88. The standard InChI is InChI=1S/C17H23NO2S/c1-9-13(18)14(16(19)20-2)21-15(9)17-6-10-3-11(7-17)5-12(4-10)8-17/h10-12H,3-8,18H2,1-2H3. The van der Waals surface area contributed by atoms with Crippen molar-refractivity contribution in [1.29, 1.82) is 0 Å². The largest absolute Gasteiger partial charge is 0.465 e. The molecule has 1 aromatic heterocycles. The van der Waals surface area contributed by atoms with E-state index in [1.807, 2.05) is 0 Å². The molecule has 0 unspecified atom stereocenters. The lowest BCUT2D eigenvalue weighted by molar-refractivity contribution is -0.00369. The molecule has 21 heavy (non-hydrogen) atoms. The molecule has 4 saturated carbocycles. The Hall–Kier alpha value is -1.03. The highest BCUT2D eigenvalue weighted by Gasteiger charge is 2.53. The normalized spacial score (nSPS) is 37.0. The van der Waals surface area contributed by atoms with Crippen LogP contribution in [-0.2, 0) is 10.2 Å². The number of esters is 1. The quantitative estimate of drug-likeness (QED) is 0.843. The summed E-state index contributed by atoms with van der Waals surface area (Å²) in [6, 6.07) is 0. The lowest BCUT2D eigenvalue weighted by Crippen LogP contribution is -2.48. The van der Waals surface area contributed by atoms with Crippen LogP contribution in [-0.4, -0.2) is 13.1 Å². The Labute approximate surface area is 129 Å². The van der Waals surface area contributed by atoms with Crippen molar-refractivity contribution in [3.63, 3.8) is 0 Å². The second-order valence-corrected chi connectivity index (χ2v) is 8.51. The first-order chi connectivity index (χ1) is 10.0. The van der Waals surface area contributed by atoms with Crippen LogP contribution in [0.25, 0.3) is 0 Å². The molecule has 4 heteroatoms. The Kier molecular flexibility index (Phi) is 2.91. The second kappa shape index (κ2) is 4.48. The molecule has 0 saturated heterocycles. The van der Waals surface area contributed by atoms with Gasteiger partial charge < -0.3 is 10.5 Å². The summed E-state index contributed by atoms with van der Waals surface area (Å²) < 4.78 is 4.90. The predicted molar refractivity (Wildman–Crippen MR) is 84.7 cm³/mol. The van der Waals surface area contributed by atoms with Crippen LogP contribution in [0.5, 0.6) is 0 Å². The fourth-order valence-corrected chi connectivity index (χ4v) is 7.03. The number of ether oxygens (including phenoxy) is 1. The van der Waals surface area contributed by atoms with Gasteiger partial charge in [0.15, 0.2) is 0 Å². The number of nitrogen functional groups attached to an aromatic ring is 1. The molecular weight excluding hydrogens is 282 g/mol. The molecular formula is C17H23NO2S. The third-order valence-corrected chi connectivity index (χ3v) is 7.62. The molecule has 4 bridgehead atoms. The molecule has 1 aromatic rings. The lowest BCUT2D eigenvalue weighted by atomic mass is 9.49. The Morgan fingerprint density at radius 2 is 1.71 bits per heavy atom. The molecule has 4 aliphatic rings. The highest BCUT2D eigenvalue weighted by Crippen LogP contribution is 2.62. The highest BCUT2D eigenvalue weighted by molar-refractivity contribution is 7.15. The summed E-state index contributed by atoms with van der Waals surface area (Å²) in [4.78, 5) is 13.9. The molecule has 114 valence electrons. The van der Waals surface area contributed by atoms with E-state index in [1.165, 1.54) is 50.5 Å². The summed E-state index contributed by atoms with van der Waals surface area (Å²) in [5, 5.41) is 0. The summed E-state index contributed by atoms with van der Waals surface area (Å²) in [6.45, 7) is 2.09. The van der Waals surface area contributed by atoms with Crippen LogP contribution in [0.2, 0.25) is 0 Å². The average molecular weight is 305 g/mol. The van der Waals surface area contributed by atoms with E-state index in [9.17, 15) is 4.79 Å². The number of hydrogen-bond donors (Lipinski definition) is 1. The van der Waals surface area contributed by atoms with Crippen molar-refractivity contribution in [3.05, 3.63) is 15.3 Å². The van der Waals surface area contributed by atoms with Crippen molar-refractivity contribution in [2.24, 2.45) is 17.8 Å². The van der Waals surface area contributed by atoms with E-state index in [-0.39, 0.29) is 5.97 Å². The number of nitrogens with two attached hydrogens (primary N) is 1. The van der Waals surface area contributed by atoms with Gasteiger partial charge in [-0.3, -0.25) is 0 Å². The van der Waals surface area contributed by atoms with Gasteiger partial charge in [-0.05, 0) is 68.8 Å². The van der Waals surface area contributed by atoms with Gasteiger partial charge in [0.25, 0.3) is 0 Å². The lowest BCUT2D eigenvalue weighted by Gasteiger charge is -2.56. The number of anilines is 1.